The molecule has 7 nitrogen and oxygen atoms in total. The lowest BCUT2D eigenvalue weighted by Gasteiger charge is -2.15. The summed E-state index contributed by atoms with van der Waals surface area (Å²) in [6, 6.07) is 15.5. The second kappa shape index (κ2) is 10.6. The molecule has 7 heteroatoms. The molecule has 0 heterocycles. The van der Waals surface area contributed by atoms with Crippen molar-refractivity contribution in [3.05, 3.63) is 65.2 Å². The van der Waals surface area contributed by atoms with E-state index in [4.69, 9.17) is 10.00 Å². The molecule has 0 spiro atoms. The minimum absolute atomic E-state index is 0.205. The Morgan fingerprint density at radius 2 is 1.69 bits per heavy atom. The van der Waals surface area contributed by atoms with Crippen molar-refractivity contribution in [3.63, 3.8) is 0 Å². The highest BCUT2D eigenvalue weighted by molar-refractivity contribution is 5.94. The minimum atomic E-state index is -0.644. The van der Waals surface area contributed by atoms with E-state index >= 15 is 0 Å². The second-order valence-electron chi connectivity index (χ2n) is 6.42. The van der Waals surface area contributed by atoms with E-state index in [1.54, 1.807) is 6.07 Å². The third-order valence-electron chi connectivity index (χ3n) is 4.24. The zero-order valence-electron chi connectivity index (χ0n) is 16.4. The number of nitriles is 1. The van der Waals surface area contributed by atoms with Crippen LogP contribution in [0.2, 0.25) is 0 Å². The van der Waals surface area contributed by atoms with Gasteiger partial charge in [-0.3, -0.25) is 9.59 Å². The van der Waals surface area contributed by atoms with Crippen LogP contribution in [0.3, 0.4) is 0 Å². The maximum Gasteiger partial charge on any atom is 0.338 e. The van der Waals surface area contributed by atoms with Crippen LogP contribution in [0.15, 0.2) is 48.5 Å². The number of carbonyl (C=O) groups excluding carboxylic acids is 3. The molecule has 0 aliphatic carbocycles. The SMILES string of the molecule is CCc1ccc([C@@H](C)NC(=O)COC(=O)c2ccc(NC(=O)CC#N)cc2)cc1. The minimum Gasteiger partial charge on any atom is -0.452 e. The first-order valence-electron chi connectivity index (χ1n) is 9.25. The van der Waals surface area contributed by atoms with Crippen LogP contribution in [0.25, 0.3) is 0 Å². The number of benzene rings is 2. The van der Waals surface area contributed by atoms with E-state index in [9.17, 15) is 14.4 Å². The first-order chi connectivity index (χ1) is 13.9. The van der Waals surface area contributed by atoms with Gasteiger partial charge in [0.15, 0.2) is 6.61 Å². The Labute approximate surface area is 169 Å². The summed E-state index contributed by atoms with van der Waals surface area (Å²) in [4.78, 5) is 35.5. The average molecular weight is 393 g/mol. The van der Waals surface area contributed by atoms with Gasteiger partial charge in [0.2, 0.25) is 5.91 Å². The summed E-state index contributed by atoms with van der Waals surface area (Å²) in [7, 11) is 0. The van der Waals surface area contributed by atoms with Crippen LogP contribution < -0.4 is 10.6 Å². The van der Waals surface area contributed by atoms with Gasteiger partial charge in [-0.2, -0.15) is 5.26 Å². The fourth-order valence-electron chi connectivity index (χ4n) is 2.59. The summed E-state index contributed by atoms with van der Waals surface area (Å²) in [5, 5.41) is 13.8. The Balaban J connectivity index is 1.82. The van der Waals surface area contributed by atoms with Crippen LogP contribution in [0.4, 0.5) is 5.69 Å². The van der Waals surface area contributed by atoms with Crippen molar-refractivity contribution in [1.82, 2.24) is 5.32 Å². The van der Waals surface area contributed by atoms with Crippen molar-refractivity contribution in [1.29, 1.82) is 5.26 Å². The molecule has 150 valence electrons. The largest absolute Gasteiger partial charge is 0.452 e. The smallest absolute Gasteiger partial charge is 0.338 e. The predicted molar refractivity (Wildman–Crippen MR) is 108 cm³/mol. The van der Waals surface area contributed by atoms with Crippen LogP contribution in [-0.2, 0) is 20.7 Å². The molecule has 0 fully saturated rings. The third kappa shape index (κ3) is 6.78. The lowest BCUT2D eigenvalue weighted by molar-refractivity contribution is -0.124. The lowest BCUT2D eigenvalue weighted by atomic mass is 10.1. The lowest BCUT2D eigenvalue weighted by Crippen LogP contribution is -2.31. The zero-order chi connectivity index (χ0) is 21.2. The van der Waals surface area contributed by atoms with Crippen molar-refractivity contribution < 1.29 is 19.1 Å². The highest BCUT2D eigenvalue weighted by atomic mass is 16.5. The van der Waals surface area contributed by atoms with Gasteiger partial charge in [-0.05, 0) is 48.7 Å². The number of nitrogens with one attached hydrogen (secondary N) is 2. The molecule has 1 atom stereocenters. The number of rotatable bonds is 8. The Kier molecular flexibility index (Phi) is 7.92. The molecule has 2 amide bonds. The van der Waals surface area contributed by atoms with Gasteiger partial charge in [-0.1, -0.05) is 31.2 Å². The number of esters is 1. The molecule has 0 radical (unpaired) electrons. The van der Waals surface area contributed by atoms with Crippen molar-refractivity contribution in [2.24, 2.45) is 0 Å². The summed E-state index contributed by atoms with van der Waals surface area (Å²) in [6.07, 6.45) is 0.699. The number of carbonyl (C=O) groups is 3. The van der Waals surface area contributed by atoms with Crippen LogP contribution in [-0.4, -0.2) is 24.4 Å². The molecule has 0 unspecified atom stereocenters. The molecule has 0 aliphatic heterocycles. The maximum absolute atomic E-state index is 12.1. The molecular weight excluding hydrogens is 370 g/mol. The highest BCUT2D eigenvalue weighted by Crippen LogP contribution is 2.14. The molecule has 0 bridgehead atoms. The van der Waals surface area contributed by atoms with E-state index in [2.05, 4.69) is 17.6 Å². The van der Waals surface area contributed by atoms with E-state index < -0.39 is 24.4 Å². The van der Waals surface area contributed by atoms with Gasteiger partial charge >= 0.3 is 5.97 Å². The first kappa shape index (κ1) is 21.6. The molecule has 2 N–H and O–H groups in total. The fourth-order valence-corrected chi connectivity index (χ4v) is 2.59. The van der Waals surface area contributed by atoms with Gasteiger partial charge in [0.05, 0.1) is 17.7 Å². The molecule has 0 aliphatic rings. The van der Waals surface area contributed by atoms with Gasteiger partial charge < -0.3 is 15.4 Å². The Bertz CT molecular complexity index is 899. The summed E-state index contributed by atoms with van der Waals surface area (Å²) >= 11 is 0. The van der Waals surface area contributed by atoms with Crippen molar-refractivity contribution >= 4 is 23.5 Å². The quantitative estimate of drug-likeness (QED) is 0.670. The maximum atomic E-state index is 12.1. The number of aryl methyl sites for hydroxylation is 1. The number of amides is 2. The fraction of sp³-hybridized carbons (Fsp3) is 0.273. The monoisotopic (exact) mass is 393 g/mol. The molecule has 0 aromatic heterocycles. The standard InChI is InChI=1S/C22H23N3O4/c1-3-16-4-6-17(7-5-16)15(2)24-21(27)14-29-22(28)18-8-10-19(11-9-18)25-20(26)12-13-23/h4-11,15H,3,12,14H2,1-2H3,(H,24,27)(H,25,26)/t15-/m1/s1. The van der Waals surface area contributed by atoms with Crippen LogP contribution in [0.1, 0.15) is 47.8 Å². The Morgan fingerprint density at radius 1 is 1.03 bits per heavy atom. The van der Waals surface area contributed by atoms with E-state index in [1.165, 1.54) is 29.8 Å². The molecular formula is C22H23N3O4. The topological polar surface area (TPSA) is 108 Å². The normalized spacial score (nSPS) is 11.1. The summed E-state index contributed by atoms with van der Waals surface area (Å²) in [5.41, 5.74) is 2.90. The van der Waals surface area contributed by atoms with Crippen molar-refractivity contribution in [2.75, 3.05) is 11.9 Å². The predicted octanol–water partition coefficient (Wildman–Crippen LogP) is 3.14. The molecule has 2 rings (SSSR count). The molecule has 0 saturated heterocycles. The van der Waals surface area contributed by atoms with E-state index in [0.29, 0.717) is 5.69 Å². The number of ether oxygens (including phenoxy) is 1. The summed E-state index contributed by atoms with van der Waals surface area (Å²) < 4.78 is 5.04. The molecule has 0 saturated carbocycles. The van der Waals surface area contributed by atoms with Crippen molar-refractivity contribution in [2.45, 2.75) is 32.7 Å². The van der Waals surface area contributed by atoms with Gasteiger partial charge in [0.25, 0.3) is 5.91 Å². The zero-order valence-corrected chi connectivity index (χ0v) is 16.4. The molecule has 2 aromatic rings. The first-order valence-corrected chi connectivity index (χ1v) is 9.25. The van der Waals surface area contributed by atoms with Gasteiger partial charge in [0.1, 0.15) is 6.42 Å². The van der Waals surface area contributed by atoms with Crippen LogP contribution in [0.5, 0.6) is 0 Å². The van der Waals surface area contributed by atoms with E-state index in [1.807, 2.05) is 31.2 Å². The van der Waals surface area contributed by atoms with Gasteiger partial charge in [0, 0.05) is 5.69 Å². The van der Waals surface area contributed by atoms with Crippen LogP contribution >= 0.6 is 0 Å². The molecule has 2 aromatic carbocycles. The Morgan fingerprint density at radius 3 is 2.28 bits per heavy atom. The number of hydrogen-bond donors (Lipinski definition) is 2. The van der Waals surface area contributed by atoms with Crippen LogP contribution in [0, 0.1) is 11.3 Å². The summed E-state index contributed by atoms with van der Waals surface area (Å²) in [5.74, 6) is -1.47. The highest BCUT2D eigenvalue weighted by Gasteiger charge is 2.13. The van der Waals surface area contributed by atoms with E-state index in [-0.39, 0.29) is 18.0 Å². The second-order valence-corrected chi connectivity index (χ2v) is 6.42. The van der Waals surface area contributed by atoms with Gasteiger partial charge in [-0.25, -0.2) is 4.79 Å². The number of hydrogen-bond acceptors (Lipinski definition) is 5. The summed E-state index contributed by atoms with van der Waals surface area (Å²) in [6.45, 7) is 3.55. The number of anilines is 1. The van der Waals surface area contributed by atoms with E-state index in [0.717, 1.165) is 12.0 Å². The Hall–Kier alpha value is -3.66. The third-order valence-corrected chi connectivity index (χ3v) is 4.24. The van der Waals surface area contributed by atoms with Crippen molar-refractivity contribution in [3.8, 4) is 6.07 Å². The van der Waals surface area contributed by atoms with Gasteiger partial charge in [-0.15, -0.1) is 0 Å². The number of nitrogens with zero attached hydrogens (tertiary/aromatic N) is 1. The molecule has 29 heavy (non-hydrogen) atoms. The average Bonchev–Trinajstić information content (AvgIpc) is 2.72.